The quantitative estimate of drug-likeness (QED) is 0.533. The van der Waals surface area contributed by atoms with E-state index in [4.69, 9.17) is 5.11 Å². The van der Waals surface area contributed by atoms with Gasteiger partial charge in [-0.1, -0.05) is 0 Å². The molecule has 2 N–H and O–H groups in total. The number of carboxylic acids is 1. The van der Waals surface area contributed by atoms with Crippen LogP contribution in [-0.4, -0.2) is 29.4 Å². The van der Waals surface area contributed by atoms with Gasteiger partial charge >= 0.3 is 5.97 Å². The number of carbonyl (C=O) groups is 2. The largest absolute Gasteiger partial charge is 0.480 e. The normalized spacial score (nSPS) is 30.9. The molecule has 0 bridgehead atoms. The van der Waals surface area contributed by atoms with Crippen molar-refractivity contribution in [1.29, 1.82) is 0 Å². The van der Waals surface area contributed by atoms with Gasteiger partial charge in [-0.3, -0.25) is 9.59 Å². The van der Waals surface area contributed by atoms with Crippen molar-refractivity contribution in [3.8, 4) is 0 Å². The minimum absolute atomic E-state index is 0.0499. The van der Waals surface area contributed by atoms with E-state index in [1.165, 1.54) is 6.92 Å². The van der Waals surface area contributed by atoms with Crippen molar-refractivity contribution >= 4 is 11.8 Å². The zero-order valence-corrected chi connectivity index (χ0v) is 5.63. The van der Waals surface area contributed by atoms with Gasteiger partial charge in [0.05, 0.1) is 5.92 Å². The standard InChI is InChI=1S/C6H9NO3/c1-3(8)4-2-7-5(4)6(9)10/h4-5,7H,2H2,1H3,(H,9,10)/t4-,5+/m1/s1. The highest BCUT2D eigenvalue weighted by atomic mass is 16.4. The number of Topliss-reactive ketones (excluding diaryl/α,β-unsaturated/α-hetero) is 1. The summed E-state index contributed by atoms with van der Waals surface area (Å²) in [4.78, 5) is 20.9. The molecule has 0 aliphatic carbocycles. The number of carbonyl (C=O) groups excluding carboxylic acids is 1. The van der Waals surface area contributed by atoms with Crippen LogP contribution in [0.5, 0.6) is 0 Å². The Morgan fingerprint density at radius 3 is 2.30 bits per heavy atom. The fraction of sp³-hybridized carbons (Fsp3) is 0.667. The lowest BCUT2D eigenvalue weighted by Crippen LogP contribution is -2.59. The number of carboxylic acid groups (broad SMARTS) is 1. The van der Waals surface area contributed by atoms with Gasteiger partial charge in [-0.05, 0) is 6.92 Å². The van der Waals surface area contributed by atoms with Crippen molar-refractivity contribution in [1.82, 2.24) is 5.32 Å². The average Bonchev–Trinajstić information content (AvgIpc) is 1.56. The summed E-state index contributed by atoms with van der Waals surface area (Å²) < 4.78 is 0. The van der Waals surface area contributed by atoms with Gasteiger partial charge in [-0.15, -0.1) is 0 Å². The van der Waals surface area contributed by atoms with Crippen LogP contribution >= 0.6 is 0 Å². The number of hydrogen-bond donors (Lipinski definition) is 2. The third kappa shape index (κ3) is 1.02. The number of hydrogen-bond acceptors (Lipinski definition) is 3. The minimum atomic E-state index is -0.938. The molecule has 56 valence electrons. The van der Waals surface area contributed by atoms with Crippen LogP contribution in [0, 0.1) is 5.92 Å². The van der Waals surface area contributed by atoms with Gasteiger partial charge in [0.25, 0.3) is 0 Å². The number of nitrogens with one attached hydrogen (secondary N) is 1. The summed E-state index contributed by atoms with van der Waals surface area (Å²) in [5.74, 6) is -1.30. The molecule has 4 heteroatoms. The van der Waals surface area contributed by atoms with Crippen molar-refractivity contribution < 1.29 is 14.7 Å². The molecule has 0 amide bonds. The van der Waals surface area contributed by atoms with E-state index in [1.807, 2.05) is 0 Å². The molecule has 0 radical (unpaired) electrons. The first-order valence-corrected chi connectivity index (χ1v) is 3.09. The van der Waals surface area contributed by atoms with Gasteiger partial charge in [-0.2, -0.15) is 0 Å². The number of aliphatic carboxylic acids is 1. The van der Waals surface area contributed by atoms with Crippen molar-refractivity contribution in [2.45, 2.75) is 13.0 Å². The first-order valence-electron chi connectivity index (χ1n) is 3.09. The summed E-state index contributed by atoms with van der Waals surface area (Å²) in [6, 6.07) is -0.641. The second kappa shape index (κ2) is 2.38. The summed E-state index contributed by atoms with van der Waals surface area (Å²) >= 11 is 0. The molecule has 1 heterocycles. The first-order chi connectivity index (χ1) is 4.63. The van der Waals surface area contributed by atoms with Crippen LogP contribution in [0.4, 0.5) is 0 Å². The third-order valence-electron chi connectivity index (χ3n) is 1.75. The van der Waals surface area contributed by atoms with Crippen LogP contribution in [0.1, 0.15) is 6.92 Å². The van der Waals surface area contributed by atoms with Crippen LogP contribution in [-0.2, 0) is 9.59 Å². The Hall–Kier alpha value is -0.900. The maximum absolute atomic E-state index is 10.6. The molecular formula is C6H9NO3. The summed E-state index contributed by atoms with van der Waals surface area (Å²) in [5, 5.41) is 11.1. The smallest absolute Gasteiger partial charge is 0.321 e. The van der Waals surface area contributed by atoms with Gasteiger partial charge in [-0.25, -0.2) is 0 Å². The summed E-state index contributed by atoms with van der Waals surface area (Å²) in [7, 11) is 0. The van der Waals surface area contributed by atoms with Crippen LogP contribution in [0.15, 0.2) is 0 Å². The van der Waals surface area contributed by atoms with Crippen LogP contribution in [0.25, 0.3) is 0 Å². The van der Waals surface area contributed by atoms with Crippen molar-refractivity contribution in [3.63, 3.8) is 0 Å². The van der Waals surface area contributed by atoms with E-state index in [-0.39, 0.29) is 11.7 Å². The monoisotopic (exact) mass is 143 g/mol. The highest BCUT2D eigenvalue weighted by molar-refractivity contribution is 5.88. The van der Waals surface area contributed by atoms with E-state index in [0.717, 1.165) is 0 Å². The van der Waals surface area contributed by atoms with Crippen molar-refractivity contribution in [2.75, 3.05) is 6.54 Å². The van der Waals surface area contributed by atoms with Crippen LogP contribution in [0.3, 0.4) is 0 Å². The average molecular weight is 143 g/mol. The Morgan fingerprint density at radius 1 is 1.60 bits per heavy atom. The molecule has 10 heavy (non-hydrogen) atoms. The third-order valence-corrected chi connectivity index (χ3v) is 1.75. The molecule has 1 aliphatic rings. The van der Waals surface area contributed by atoms with Gasteiger partial charge in [0.1, 0.15) is 11.8 Å². The lowest BCUT2D eigenvalue weighted by molar-refractivity contribution is -0.147. The highest BCUT2D eigenvalue weighted by Gasteiger charge is 2.38. The Labute approximate surface area is 58.2 Å². The molecule has 1 fully saturated rings. The van der Waals surface area contributed by atoms with Crippen molar-refractivity contribution in [3.05, 3.63) is 0 Å². The fourth-order valence-electron chi connectivity index (χ4n) is 0.991. The SMILES string of the molecule is CC(=O)[C@H]1CN[C@@H]1C(=O)O. The van der Waals surface area contributed by atoms with Gasteiger partial charge < -0.3 is 10.4 Å². The fourth-order valence-corrected chi connectivity index (χ4v) is 0.991. The molecule has 0 saturated carbocycles. The highest BCUT2D eigenvalue weighted by Crippen LogP contribution is 2.13. The molecule has 0 aromatic rings. The maximum Gasteiger partial charge on any atom is 0.321 e. The van der Waals surface area contributed by atoms with Crippen LogP contribution < -0.4 is 5.32 Å². The Kier molecular flexibility index (Phi) is 1.72. The molecule has 4 nitrogen and oxygen atoms in total. The molecule has 0 aromatic heterocycles. The topological polar surface area (TPSA) is 66.4 Å². The summed E-state index contributed by atoms with van der Waals surface area (Å²) in [5.41, 5.74) is 0. The van der Waals surface area contributed by atoms with E-state index < -0.39 is 12.0 Å². The second-order valence-electron chi connectivity index (χ2n) is 2.44. The maximum atomic E-state index is 10.6. The number of ketones is 1. The van der Waals surface area contributed by atoms with Gasteiger partial charge in [0, 0.05) is 6.54 Å². The second-order valence-corrected chi connectivity index (χ2v) is 2.44. The lowest BCUT2D eigenvalue weighted by Gasteiger charge is -2.32. The molecule has 1 rings (SSSR count). The predicted octanol–water partition coefficient (Wildman–Crippen LogP) is -0.752. The zero-order valence-electron chi connectivity index (χ0n) is 5.63. The minimum Gasteiger partial charge on any atom is -0.480 e. The van der Waals surface area contributed by atoms with E-state index in [0.29, 0.717) is 6.54 Å². The lowest BCUT2D eigenvalue weighted by atomic mass is 9.88. The summed E-state index contributed by atoms with van der Waals surface area (Å²) in [6.45, 7) is 1.92. The van der Waals surface area contributed by atoms with E-state index in [1.54, 1.807) is 0 Å². The Balaban J connectivity index is 2.51. The summed E-state index contributed by atoms with van der Waals surface area (Å²) in [6.07, 6.45) is 0. The molecule has 0 aromatic carbocycles. The molecule has 0 spiro atoms. The predicted molar refractivity (Wildman–Crippen MR) is 33.6 cm³/mol. The van der Waals surface area contributed by atoms with Crippen molar-refractivity contribution in [2.24, 2.45) is 5.92 Å². The van der Waals surface area contributed by atoms with Gasteiger partial charge in [0.15, 0.2) is 0 Å². The Morgan fingerprint density at radius 2 is 2.20 bits per heavy atom. The molecule has 2 atom stereocenters. The molecule has 0 unspecified atom stereocenters. The Bertz CT molecular complexity index is 158. The molecule has 1 saturated heterocycles. The van der Waals surface area contributed by atoms with E-state index in [2.05, 4.69) is 5.32 Å². The van der Waals surface area contributed by atoms with E-state index in [9.17, 15) is 9.59 Å². The molecule has 1 aliphatic heterocycles. The van der Waals surface area contributed by atoms with Crippen LogP contribution in [0.2, 0.25) is 0 Å². The first kappa shape index (κ1) is 7.21. The number of rotatable bonds is 2. The zero-order chi connectivity index (χ0) is 7.72. The van der Waals surface area contributed by atoms with E-state index >= 15 is 0 Å². The van der Waals surface area contributed by atoms with Gasteiger partial charge in [0.2, 0.25) is 0 Å². The molecular weight excluding hydrogens is 134 g/mol.